The molecule has 2 nitrogen and oxygen atoms in total. The number of aliphatic hydroxyl groups is 1. The third-order valence-corrected chi connectivity index (χ3v) is 5.85. The van der Waals surface area contributed by atoms with Crippen LogP contribution < -0.4 is 5.32 Å². The highest BCUT2D eigenvalue weighted by atomic mass is 32.2. The number of aryl methyl sites for hydroxylation is 2. The van der Waals surface area contributed by atoms with E-state index in [2.05, 4.69) is 60.8 Å². The second kappa shape index (κ2) is 8.70. The van der Waals surface area contributed by atoms with Gasteiger partial charge in [-0.15, -0.1) is 11.8 Å². The molecule has 24 heavy (non-hydrogen) atoms. The molecule has 0 aromatic heterocycles. The van der Waals surface area contributed by atoms with Crippen molar-refractivity contribution in [1.29, 1.82) is 0 Å². The van der Waals surface area contributed by atoms with Gasteiger partial charge in [0.2, 0.25) is 0 Å². The Labute approximate surface area is 149 Å². The van der Waals surface area contributed by atoms with Crippen molar-refractivity contribution in [2.75, 3.05) is 12.3 Å². The standard InChI is InChI=1S/C21H27NOS/c1-16(22-13-6-5-9-17-7-3-2-4-8-17)21(23)19-10-11-20-18(15-19)12-14-24-20/h2-4,7-8,10-11,15-16,21-23H,5-6,9,12-14H2,1H3. The first kappa shape index (κ1) is 17.5. The van der Waals surface area contributed by atoms with E-state index in [1.54, 1.807) is 0 Å². The molecular weight excluding hydrogens is 314 g/mol. The van der Waals surface area contributed by atoms with Crippen LogP contribution in [0.4, 0.5) is 0 Å². The lowest BCUT2D eigenvalue weighted by molar-refractivity contribution is 0.136. The third-order valence-electron chi connectivity index (χ3n) is 4.73. The number of hydrogen-bond acceptors (Lipinski definition) is 3. The lowest BCUT2D eigenvalue weighted by atomic mass is 10.00. The molecule has 0 bridgehead atoms. The zero-order chi connectivity index (χ0) is 16.8. The molecule has 0 aliphatic carbocycles. The lowest BCUT2D eigenvalue weighted by Crippen LogP contribution is -2.33. The molecule has 1 aliphatic heterocycles. The van der Waals surface area contributed by atoms with E-state index in [-0.39, 0.29) is 6.04 Å². The van der Waals surface area contributed by atoms with Crippen molar-refractivity contribution in [1.82, 2.24) is 5.32 Å². The first-order valence-electron chi connectivity index (χ1n) is 8.95. The van der Waals surface area contributed by atoms with Crippen LogP contribution in [0.2, 0.25) is 0 Å². The predicted molar refractivity (Wildman–Crippen MR) is 103 cm³/mol. The summed E-state index contributed by atoms with van der Waals surface area (Å²) in [6, 6.07) is 17.1. The maximum Gasteiger partial charge on any atom is 0.0940 e. The van der Waals surface area contributed by atoms with E-state index in [9.17, 15) is 5.11 Å². The maximum absolute atomic E-state index is 10.6. The predicted octanol–water partition coefficient (Wildman–Crippen LogP) is 4.37. The molecule has 1 heterocycles. The van der Waals surface area contributed by atoms with Gasteiger partial charge in [-0.05, 0) is 61.9 Å². The molecule has 0 radical (unpaired) electrons. The summed E-state index contributed by atoms with van der Waals surface area (Å²) in [6.45, 7) is 3.02. The zero-order valence-electron chi connectivity index (χ0n) is 14.4. The molecule has 0 spiro atoms. The fraction of sp³-hybridized carbons (Fsp3) is 0.429. The summed E-state index contributed by atoms with van der Waals surface area (Å²) < 4.78 is 0. The molecule has 2 aromatic rings. The summed E-state index contributed by atoms with van der Waals surface area (Å²) in [5.74, 6) is 1.17. The minimum absolute atomic E-state index is 0.0776. The Bertz CT molecular complexity index is 644. The van der Waals surface area contributed by atoms with Crippen molar-refractivity contribution in [3.05, 3.63) is 65.2 Å². The van der Waals surface area contributed by atoms with Crippen LogP contribution in [0.1, 0.15) is 42.6 Å². The van der Waals surface area contributed by atoms with Crippen molar-refractivity contribution in [3.8, 4) is 0 Å². The minimum atomic E-state index is -0.435. The second-order valence-corrected chi connectivity index (χ2v) is 7.73. The number of rotatable bonds is 8. The van der Waals surface area contributed by atoms with Crippen molar-refractivity contribution in [2.45, 2.75) is 49.6 Å². The van der Waals surface area contributed by atoms with Gasteiger partial charge in [-0.2, -0.15) is 0 Å². The van der Waals surface area contributed by atoms with Crippen LogP contribution in [-0.2, 0) is 12.8 Å². The van der Waals surface area contributed by atoms with Crippen LogP contribution in [0, 0.1) is 0 Å². The van der Waals surface area contributed by atoms with Crippen LogP contribution in [0.25, 0.3) is 0 Å². The van der Waals surface area contributed by atoms with E-state index >= 15 is 0 Å². The Balaban J connectivity index is 1.40. The van der Waals surface area contributed by atoms with Gasteiger partial charge in [0.15, 0.2) is 0 Å². The van der Waals surface area contributed by atoms with Crippen LogP contribution in [0.5, 0.6) is 0 Å². The summed E-state index contributed by atoms with van der Waals surface area (Å²) in [7, 11) is 0. The average molecular weight is 342 g/mol. The summed E-state index contributed by atoms with van der Waals surface area (Å²) in [5, 5.41) is 14.1. The highest BCUT2D eigenvalue weighted by molar-refractivity contribution is 7.99. The summed E-state index contributed by atoms with van der Waals surface area (Å²) in [6.07, 6.45) is 4.13. The number of fused-ring (bicyclic) bond motifs is 1. The van der Waals surface area contributed by atoms with Gasteiger partial charge in [-0.1, -0.05) is 42.5 Å². The Morgan fingerprint density at radius 3 is 2.79 bits per heavy atom. The van der Waals surface area contributed by atoms with Gasteiger partial charge in [0.05, 0.1) is 6.10 Å². The molecule has 3 rings (SSSR count). The van der Waals surface area contributed by atoms with Crippen LogP contribution in [-0.4, -0.2) is 23.4 Å². The number of hydrogen-bond donors (Lipinski definition) is 2. The number of aliphatic hydroxyl groups excluding tert-OH is 1. The lowest BCUT2D eigenvalue weighted by Gasteiger charge is -2.21. The molecule has 2 unspecified atom stereocenters. The number of unbranched alkanes of at least 4 members (excludes halogenated alkanes) is 1. The van der Waals surface area contributed by atoms with E-state index in [4.69, 9.17) is 0 Å². The van der Waals surface area contributed by atoms with E-state index < -0.39 is 6.10 Å². The molecule has 0 saturated carbocycles. The summed E-state index contributed by atoms with van der Waals surface area (Å²) in [5.41, 5.74) is 3.84. The molecule has 3 heteroatoms. The second-order valence-electron chi connectivity index (χ2n) is 6.60. The van der Waals surface area contributed by atoms with Gasteiger partial charge in [-0.25, -0.2) is 0 Å². The van der Waals surface area contributed by atoms with Crippen molar-refractivity contribution >= 4 is 11.8 Å². The van der Waals surface area contributed by atoms with Gasteiger partial charge in [0.1, 0.15) is 0 Å². The number of nitrogens with one attached hydrogen (secondary N) is 1. The largest absolute Gasteiger partial charge is 0.387 e. The monoisotopic (exact) mass is 341 g/mol. The van der Waals surface area contributed by atoms with Crippen molar-refractivity contribution in [3.63, 3.8) is 0 Å². The highest BCUT2D eigenvalue weighted by Gasteiger charge is 2.19. The average Bonchev–Trinajstić information content (AvgIpc) is 3.09. The molecule has 2 aromatic carbocycles. The van der Waals surface area contributed by atoms with Crippen LogP contribution in [0.3, 0.4) is 0 Å². The van der Waals surface area contributed by atoms with E-state index in [1.165, 1.54) is 28.2 Å². The van der Waals surface area contributed by atoms with Crippen molar-refractivity contribution < 1.29 is 5.11 Å². The molecule has 0 fully saturated rings. The Morgan fingerprint density at radius 2 is 1.96 bits per heavy atom. The molecule has 2 atom stereocenters. The fourth-order valence-electron chi connectivity index (χ4n) is 3.22. The molecule has 0 amide bonds. The minimum Gasteiger partial charge on any atom is -0.387 e. The van der Waals surface area contributed by atoms with Crippen LogP contribution in [0.15, 0.2) is 53.4 Å². The van der Waals surface area contributed by atoms with Gasteiger partial charge >= 0.3 is 0 Å². The van der Waals surface area contributed by atoms with Gasteiger partial charge < -0.3 is 10.4 Å². The maximum atomic E-state index is 10.6. The Hall–Kier alpha value is -1.29. The van der Waals surface area contributed by atoms with Gasteiger partial charge in [0.25, 0.3) is 0 Å². The van der Waals surface area contributed by atoms with Gasteiger partial charge in [-0.3, -0.25) is 0 Å². The van der Waals surface area contributed by atoms with Gasteiger partial charge in [0, 0.05) is 16.7 Å². The zero-order valence-corrected chi connectivity index (χ0v) is 15.2. The molecule has 2 N–H and O–H groups in total. The first-order chi connectivity index (χ1) is 11.7. The molecular formula is C21H27NOS. The Morgan fingerprint density at radius 1 is 1.12 bits per heavy atom. The smallest absolute Gasteiger partial charge is 0.0940 e. The van der Waals surface area contributed by atoms with Crippen molar-refractivity contribution in [2.24, 2.45) is 0 Å². The summed E-state index contributed by atoms with van der Waals surface area (Å²) in [4.78, 5) is 1.38. The Kier molecular flexibility index (Phi) is 6.36. The summed E-state index contributed by atoms with van der Waals surface area (Å²) >= 11 is 1.92. The quantitative estimate of drug-likeness (QED) is 0.699. The normalized spacial score (nSPS) is 15.9. The number of benzene rings is 2. The third kappa shape index (κ3) is 4.62. The molecule has 0 saturated heterocycles. The highest BCUT2D eigenvalue weighted by Crippen LogP contribution is 2.33. The SMILES string of the molecule is CC(NCCCCc1ccccc1)C(O)c1ccc2c(c1)CCS2. The molecule has 128 valence electrons. The van der Waals surface area contributed by atoms with E-state index in [1.807, 2.05) is 11.8 Å². The first-order valence-corrected chi connectivity index (χ1v) is 9.93. The van der Waals surface area contributed by atoms with E-state index in [0.717, 1.165) is 31.4 Å². The number of thioether (sulfide) groups is 1. The van der Waals surface area contributed by atoms with Crippen LogP contribution >= 0.6 is 11.8 Å². The van der Waals surface area contributed by atoms with E-state index in [0.29, 0.717) is 0 Å². The fourth-order valence-corrected chi connectivity index (χ4v) is 4.27. The topological polar surface area (TPSA) is 32.3 Å². The molecule has 1 aliphatic rings.